The molecule has 0 radical (unpaired) electrons. The van der Waals surface area contributed by atoms with Crippen molar-refractivity contribution in [3.8, 4) is 16.9 Å². The predicted octanol–water partition coefficient (Wildman–Crippen LogP) is 7.22. The predicted molar refractivity (Wildman–Crippen MR) is 133 cm³/mol. The number of methoxy groups -OCH3 is 3. The largest absolute Gasteiger partial charge is 0.497 e. The van der Waals surface area contributed by atoms with Gasteiger partial charge < -0.3 is 14.2 Å². The Bertz CT molecular complexity index is 1370. The van der Waals surface area contributed by atoms with Crippen LogP contribution in [0.3, 0.4) is 0 Å². The average Bonchev–Trinajstić information content (AvgIpc) is 3.25. The fourth-order valence-corrected chi connectivity index (χ4v) is 5.61. The third kappa shape index (κ3) is 3.19. The molecule has 0 spiro atoms. The van der Waals surface area contributed by atoms with Crippen LogP contribution in [0, 0.1) is 0 Å². The number of hydrogen-bond donors (Lipinski definition) is 0. The first-order valence-corrected chi connectivity index (χ1v) is 11.3. The van der Waals surface area contributed by atoms with E-state index < -0.39 is 5.79 Å². The van der Waals surface area contributed by atoms with Crippen molar-refractivity contribution in [3.63, 3.8) is 0 Å². The normalized spacial score (nSPS) is 11.8. The van der Waals surface area contributed by atoms with Crippen LogP contribution in [0.15, 0.2) is 91.0 Å². The summed E-state index contributed by atoms with van der Waals surface area (Å²) < 4.78 is 20.2. The lowest BCUT2D eigenvalue weighted by Crippen LogP contribution is -2.33. The third-order valence-corrected chi connectivity index (χ3v) is 7.14. The molecular weight excluding hydrogens is 416 g/mol. The summed E-state index contributed by atoms with van der Waals surface area (Å²) in [6, 6.07) is 31.2. The summed E-state index contributed by atoms with van der Waals surface area (Å²) in [6.07, 6.45) is 0. The maximum Gasteiger partial charge on any atom is 0.222 e. The Hall–Kier alpha value is -3.18. The van der Waals surface area contributed by atoms with E-state index in [0.29, 0.717) is 0 Å². The van der Waals surface area contributed by atoms with Crippen LogP contribution in [0.1, 0.15) is 11.1 Å². The van der Waals surface area contributed by atoms with Gasteiger partial charge >= 0.3 is 0 Å². The molecule has 0 fully saturated rings. The Morgan fingerprint density at radius 3 is 2.03 bits per heavy atom. The minimum atomic E-state index is -1.07. The van der Waals surface area contributed by atoms with Gasteiger partial charge in [0.05, 0.1) is 7.11 Å². The van der Waals surface area contributed by atoms with Gasteiger partial charge in [0.2, 0.25) is 5.79 Å². The maximum atomic E-state index is 6.17. The van der Waals surface area contributed by atoms with Crippen LogP contribution in [0.2, 0.25) is 0 Å². The van der Waals surface area contributed by atoms with Crippen molar-refractivity contribution in [1.29, 1.82) is 0 Å². The molecule has 0 aliphatic heterocycles. The highest BCUT2D eigenvalue weighted by Crippen LogP contribution is 2.47. The number of fused-ring (bicyclic) bond motifs is 3. The van der Waals surface area contributed by atoms with E-state index >= 15 is 0 Å². The third-order valence-electron chi connectivity index (χ3n) is 6.01. The molecule has 0 atom stereocenters. The van der Waals surface area contributed by atoms with Crippen LogP contribution in [0.25, 0.3) is 31.3 Å². The second-order valence-corrected chi connectivity index (χ2v) is 8.66. The summed E-state index contributed by atoms with van der Waals surface area (Å²) >= 11 is 1.81. The number of rotatable bonds is 6. The zero-order valence-corrected chi connectivity index (χ0v) is 19.1. The average molecular weight is 441 g/mol. The van der Waals surface area contributed by atoms with Gasteiger partial charge in [0, 0.05) is 45.5 Å². The summed E-state index contributed by atoms with van der Waals surface area (Å²) in [7, 11) is 5.05. The van der Waals surface area contributed by atoms with Crippen LogP contribution in [-0.2, 0) is 15.3 Å². The topological polar surface area (TPSA) is 27.7 Å². The molecule has 32 heavy (non-hydrogen) atoms. The van der Waals surface area contributed by atoms with Crippen molar-refractivity contribution in [2.24, 2.45) is 0 Å². The van der Waals surface area contributed by atoms with E-state index in [1.165, 1.54) is 20.2 Å². The fraction of sp³-hybridized carbons (Fsp3) is 0.143. The van der Waals surface area contributed by atoms with Crippen LogP contribution < -0.4 is 4.74 Å². The van der Waals surface area contributed by atoms with Gasteiger partial charge in [-0.3, -0.25) is 0 Å². The molecule has 4 heteroatoms. The zero-order chi connectivity index (χ0) is 22.1. The molecule has 0 saturated carbocycles. The highest BCUT2D eigenvalue weighted by atomic mass is 32.1. The maximum absolute atomic E-state index is 6.17. The van der Waals surface area contributed by atoms with E-state index in [1.54, 1.807) is 21.3 Å². The van der Waals surface area contributed by atoms with Crippen molar-refractivity contribution >= 4 is 31.5 Å². The lowest BCUT2D eigenvalue weighted by Gasteiger charge is -2.34. The molecule has 160 valence electrons. The van der Waals surface area contributed by atoms with Crippen LogP contribution in [-0.4, -0.2) is 21.3 Å². The van der Waals surface area contributed by atoms with Gasteiger partial charge in [0.15, 0.2) is 0 Å². The van der Waals surface area contributed by atoms with E-state index in [4.69, 9.17) is 14.2 Å². The monoisotopic (exact) mass is 440 g/mol. The quantitative estimate of drug-likeness (QED) is 0.261. The van der Waals surface area contributed by atoms with Gasteiger partial charge in [-0.05, 0) is 47.5 Å². The van der Waals surface area contributed by atoms with Crippen molar-refractivity contribution in [2.45, 2.75) is 5.79 Å². The van der Waals surface area contributed by atoms with Crippen molar-refractivity contribution < 1.29 is 14.2 Å². The molecule has 4 aromatic carbocycles. The molecule has 1 heterocycles. The number of benzene rings is 4. The summed E-state index contributed by atoms with van der Waals surface area (Å²) in [5.74, 6) is -0.285. The second-order valence-electron chi connectivity index (χ2n) is 7.58. The Morgan fingerprint density at radius 1 is 0.656 bits per heavy atom. The molecular formula is C28H24O3S. The number of thiophene rings is 1. The van der Waals surface area contributed by atoms with Gasteiger partial charge in [-0.15, -0.1) is 11.3 Å². The van der Waals surface area contributed by atoms with E-state index in [9.17, 15) is 0 Å². The molecule has 0 saturated heterocycles. The minimum Gasteiger partial charge on any atom is -0.497 e. The first kappa shape index (κ1) is 20.7. The van der Waals surface area contributed by atoms with Crippen LogP contribution in [0.5, 0.6) is 5.75 Å². The van der Waals surface area contributed by atoms with Gasteiger partial charge in [0.25, 0.3) is 0 Å². The van der Waals surface area contributed by atoms with Crippen molar-refractivity contribution in [2.75, 3.05) is 21.3 Å². The summed E-state index contributed by atoms with van der Waals surface area (Å²) in [6.45, 7) is 0. The van der Waals surface area contributed by atoms with Crippen LogP contribution >= 0.6 is 11.3 Å². The Morgan fingerprint density at radius 2 is 1.34 bits per heavy atom. The van der Waals surface area contributed by atoms with Crippen molar-refractivity contribution in [1.82, 2.24) is 0 Å². The highest BCUT2D eigenvalue weighted by molar-refractivity contribution is 7.25. The summed E-state index contributed by atoms with van der Waals surface area (Å²) in [5, 5.41) is 2.46. The second kappa shape index (κ2) is 8.40. The Labute approximate surface area is 191 Å². The van der Waals surface area contributed by atoms with E-state index in [-0.39, 0.29) is 0 Å². The number of hydrogen-bond acceptors (Lipinski definition) is 4. The standard InChI is InChI=1S/C28H24O3S/c1-29-21-15-13-20(14-16-21)28(30-2,31-3)23-17-18-25-27(22-11-7-8-12-24(22)32-25)26(23)19-9-5-4-6-10-19/h4-18H,1-3H3. The summed E-state index contributed by atoms with van der Waals surface area (Å²) in [4.78, 5) is 0. The van der Waals surface area contributed by atoms with E-state index in [1.807, 2.05) is 41.7 Å². The number of ether oxygens (including phenoxy) is 3. The lowest BCUT2D eigenvalue weighted by atomic mass is 9.87. The lowest BCUT2D eigenvalue weighted by molar-refractivity contribution is -0.183. The first-order valence-electron chi connectivity index (χ1n) is 10.5. The molecule has 5 aromatic rings. The van der Waals surface area contributed by atoms with E-state index in [2.05, 4.69) is 60.7 Å². The van der Waals surface area contributed by atoms with Gasteiger partial charge in [-0.2, -0.15) is 0 Å². The van der Waals surface area contributed by atoms with E-state index in [0.717, 1.165) is 28.0 Å². The molecule has 0 aliphatic carbocycles. The smallest absolute Gasteiger partial charge is 0.222 e. The molecule has 0 bridgehead atoms. The molecule has 3 nitrogen and oxygen atoms in total. The molecule has 5 rings (SSSR count). The Balaban J connectivity index is 1.89. The molecule has 0 amide bonds. The van der Waals surface area contributed by atoms with Gasteiger partial charge in [0.1, 0.15) is 5.75 Å². The van der Waals surface area contributed by atoms with Gasteiger partial charge in [-0.25, -0.2) is 0 Å². The summed E-state index contributed by atoms with van der Waals surface area (Å²) in [5.41, 5.74) is 4.12. The van der Waals surface area contributed by atoms with Gasteiger partial charge in [-0.1, -0.05) is 54.6 Å². The Kier molecular flexibility index (Phi) is 5.43. The molecule has 0 aliphatic rings. The van der Waals surface area contributed by atoms with Crippen LogP contribution in [0.4, 0.5) is 0 Å². The molecule has 0 N–H and O–H groups in total. The zero-order valence-electron chi connectivity index (χ0n) is 18.3. The SMILES string of the molecule is COc1ccc(C(OC)(OC)c2ccc3sc4ccccc4c3c2-c2ccccc2)cc1. The fourth-order valence-electron chi connectivity index (χ4n) is 4.50. The molecule has 1 aromatic heterocycles. The van der Waals surface area contributed by atoms with Crippen molar-refractivity contribution in [3.05, 3.63) is 102 Å². The minimum absolute atomic E-state index is 0.789. The molecule has 0 unspecified atom stereocenters. The first-order chi connectivity index (χ1) is 15.7. The highest BCUT2D eigenvalue weighted by Gasteiger charge is 2.38.